The van der Waals surface area contributed by atoms with Crippen LogP contribution in [0.25, 0.3) is 27.6 Å². The third-order valence-electron chi connectivity index (χ3n) is 6.34. The standard InChI is InChI=1S/C25H26N4O2S/c1-16-9-8-12-20(17(16)2)29-24(31)23-22(18-10-4-5-11-19(18)26-23)27-25(29)32-15-21(30)28-13-6-3-7-14-28/h4-5,8-12,26H,3,6-7,13-15H2,1-2H3. The molecule has 2 aromatic heterocycles. The van der Waals surface area contributed by atoms with Crippen LogP contribution in [-0.2, 0) is 4.79 Å². The monoisotopic (exact) mass is 446 g/mol. The lowest BCUT2D eigenvalue weighted by atomic mass is 10.1. The Labute approximate surface area is 190 Å². The van der Waals surface area contributed by atoms with Gasteiger partial charge in [-0.3, -0.25) is 14.2 Å². The first-order chi connectivity index (χ1) is 15.5. The van der Waals surface area contributed by atoms with Crippen molar-refractivity contribution in [1.82, 2.24) is 19.4 Å². The lowest BCUT2D eigenvalue weighted by molar-refractivity contribution is -0.129. The van der Waals surface area contributed by atoms with E-state index in [1.165, 1.54) is 18.2 Å². The zero-order valence-electron chi connectivity index (χ0n) is 18.4. The third-order valence-corrected chi connectivity index (χ3v) is 7.27. The molecule has 0 aliphatic carbocycles. The zero-order chi connectivity index (χ0) is 22.2. The molecule has 164 valence electrons. The van der Waals surface area contributed by atoms with Crippen LogP contribution in [0.1, 0.15) is 30.4 Å². The number of likely N-dealkylation sites (tertiary alicyclic amines) is 1. The number of hydrogen-bond acceptors (Lipinski definition) is 4. The molecule has 0 unspecified atom stereocenters. The van der Waals surface area contributed by atoms with Crippen LogP contribution < -0.4 is 5.56 Å². The number of hydrogen-bond donors (Lipinski definition) is 1. The minimum atomic E-state index is -0.146. The van der Waals surface area contributed by atoms with E-state index in [0.29, 0.717) is 16.2 Å². The number of amides is 1. The summed E-state index contributed by atoms with van der Waals surface area (Å²) in [6.07, 6.45) is 3.30. The van der Waals surface area contributed by atoms with Crippen molar-refractivity contribution in [2.75, 3.05) is 18.8 Å². The first kappa shape index (κ1) is 20.8. The molecule has 0 spiro atoms. The van der Waals surface area contributed by atoms with E-state index in [2.05, 4.69) is 4.98 Å². The molecule has 6 nitrogen and oxygen atoms in total. The molecule has 0 atom stereocenters. The van der Waals surface area contributed by atoms with Gasteiger partial charge in [0.05, 0.1) is 11.4 Å². The summed E-state index contributed by atoms with van der Waals surface area (Å²) in [5.41, 5.74) is 4.80. The summed E-state index contributed by atoms with van der Waals surface area (Å²) in [7, 11) is 0. The van der Waals surface area contributed by atoms with E-state index in [1.54, 1.807) is 4.57 Å². The number of carbonyl (C=O) groups excluding carboxylic acids is 1. The van der Waals surface area contributed by atoms with Crippen LogP contribution >= 0.6 is 11.8 Å². The molecule has 7 heteroatoms. The van der Waals surface area contributed by atoms with E-state index in [-0.39, 0.29) is 17.2 Å². The second-order valence-electron chi connectivity index (χ2n) is 8.38. The van der Waals surface area contributed by atoms with Crippen molar-refractivity contribution in [1.29, 1.82) is 0 Å². The molecule has 32 heavy (non-hydrogen) atoms. The molecule has 1 saturated heterocycles. The first-order valence-electron chi connectivity index (χ1n) is 11.1. The summed E-state index contributed by atoms with van der Waals surface area (Å²) >= 11 is 1.35. The van der Waals surface area contributed by atoms with Crippen molar-refractivity contribution in [2.45, 2.75) is 38.3 Å². The van der Waals surface area contributed by atoms with E-state index in [4.69, 9.17) is 4.98 Å². The van der Waals surface area contributed by atoms with Crippen LogP contribution in [0.3, 0.4) is 0 Å². The number of fused-ring (bicyclic) bond motifs is 3. The van der Waals surface area contributed by atoms with Gasteiger partial charge in [-0.05, 0) is 56.4 Å². The van der Waals surface area contributed by atoms with Crippen LogP contribution in [0.4, 0.5) is 0 Å². The zero-order valence-corrected chi connectivity index (χ0v) is 19.2. The van der Waals surface area contributed by atoms with Gasteiger partial charge in [0.2, 0.25) is 5.91 Å². The average Bonchev–Trinajstić information content (AvgIpc) is 3.19. The number of aryl methyl sites for hydroxylation is 1. The Morgan fingerprint density at radius 2 is 1.84 bits per heavy atom. The number of benzene rings is 2. The molecular weight excluding hydrogens is 420 g/mol. The Bertz CT molecular complexity index is 1380. The fourth-order valence-electron chi connectivity index (χ4n) is 4.39. The molecule has 1 aliphatic rings. The fourth-order valence-corrected chi connectivity index (χ4v) is 5.29. The second-order valence-corrected chi connectivity index (χ2v) is 9.32. The molecule has 4 aromatic rings. The van der Waals surface area contributed by atoms with Crippen molar-refractivity contribution in [3.63, 3.8) is 0 Å². The van der Waals surface area contributed by atoms with Crippen molar-refractivity contribution in [3.05, 3.63) is 63.9 Å². The highest BCUT2D eigenvalue weighted by atomic mass is 32.2. The largest absolute Gasteiger partial charge is 0.349 e. The van der Waals surface area contributed by atoms with Gasteiger partial charge >= 0.3 is 0 Å². The normalized spacial score (nSPS) is 14.4. The molecule has 0 radical (unpaired) electrons. The highest BCUT2D eigenvalue weighted by Gasteiger charge is 2.21. The van der Waals surface area contributed by atoms with Gasteiger partial charge in [-0.15, -0.1) is 0 Å². The smallest absolute Gasteiger partial charge is 0.283 e. The Kier molecular flexibility index (Phi) is 5.51. The number of aromatic amines is 1. The molecule has 5 rings (SSSR count). The summed E-state index contributed by atoms with van der Waals surface area (Å²) < 4.78 is 1.66. The SMILES string of the molecule is Cc1cccc(-n2c(SCC(=O)N3CCCCC3)nc3c([nH]c4ccccc43)c2=O)c1C. The van der Waals surface area contributed by atoms with Gasteiger partial charge in [0, 0.05) is 24.0 Å². The van der Waals surface area contributed by atoms with Gasteiger partial charge < -0.3 is 9.88 Å². The second kappa shape index (κ2) is 8.47. The maximum Gasteiger partial charge on any atom is 0.283 e. The molecule has 1 fully saturated rings. The van der Waals surface area contributed by atoms with Gasteiger partial charge in [0.1, 0.15) is 11.0 Å². The lowest BCUT2D eigenvalue weighted by Gasteiger charge is -2.26. The summed E-state index contributed by atoms with van der Waals surface area (Å²) in [6.45, 7) is 5.68. The van der Waals surface area contributed by atoms with Crippen molar-refractivity contribution in [3.8, 4) is 5.69 Å². The van der Waals surface area contributed by atoms with Crippen LogP contribution in [0, 0.1) is 13.8 Å². The lowest BCUT2D eigenvalue weighted by Crippen LogP contribution is -2.36. The van der Waals surface area contributed by atoms with Gasteiger partial charge in [-0.25, -0.2) is 4.98 Å². The van der Waals surface area contributed by atoms with Gasteiger partial charge in [-0.1, -0.05) is 42.1 Å². The first-order valence-corrected chi connectivity index (χ1v) is 12.0. The Morgan fingerprint density at radius 3 is 2.66 bits per heavy atom. The minimum absolute atomic E-state index is 0.107. The molecule has 1 N–H and O–H groups in total. The predicted molar refractivity (Wildman–Crippen MR) is 130 cm³/mol. The maximum atomic E-state index is 13.7. The summed E-state index contributed by atoms with van der Waals surface area (Å²) in [5, 5.41) is 1.46. The summed E-state index contributed by atoms with van der Waals surface area (Å²) in [4.78, 5) is 36.6. The van der Waals surface area contributed by atoms with Gasteiger partial charge in [0.15, 0.2) is 5.16 Å². The Balaban J connectivity index is 1.65. The average molecular weight is 447 g/mol. The van der Waals surface area contributed by atoms with E-state index in [9.17, 15) is 9.59 Å². The summed E-state index contributed by atoms with van der Waals surface area (Å²) in [6, 6.07) is 13.7. The van der Waals surface area contributed by atoms with Crippen molar-refractivity contribution >= 4 is 39.6 Å². The molecule has 1 amide bonds. The Hall–Kier alpha value is -3.06. The topological polar surface area (TPSA) is 71.0 Å². The number of carbonyl (C=O) groups is 1. The van der Waals surface area contributed by atoms with Crippen molar-refractivity contribution < 1.29 is 4.79 Å². The van der Waals surface area contributed by atoms with Gasteiger partial charge in [0.25, 0.3) is 5.56 Å². The summed E-state index contributed by atoms with van der Waals surface area (Å²) in [5.74, 6) is 0.376. The number of thioether (sulfide) groups is 1. The van der Waals surface area contributed by atoms with Crippen LogP contribution in [0.2, 0.25) is 0 Å². The van der Waals surface area contributed by atoms with Crippen molar-refractivity contribution in [2.24, 2.45) is 0 Å². The van der Waals surface area contributed by atoms with Crippen LogP contribution in [0.15, 0.2) is 52.4 Å². The minimum Gasteiger partial charge on any atom is -0.349 e. The number of piperidine rings is 1. The number of nitrogens with zero attached hydrogens (tertiary/aromatic N) is 3. The molecule has 0 saturated carbocycles. The van der Waals surface area contributed by atoms with E-state index in [1.807, 2.05) is 61.2 Å². The van der Waals surface area contributed by atoms with Crippen LogP contribution in [-0.4, -0.2) is 44.2 Å². The van der Waals surface area contributed by atoms with Gasteiger partial charge in [-0.2, -0.15) is 0 Å². The molecule has 1 aliphatic heterocycles. The fraction of sp³-hybridized carbons (Fsp3) is 0.320. The molecular formula is C25H26N4O2S. The Morgan fingerprint density at radius 1 is 1.06 bits per heavy atom. The maximum absolute atomic E-state index is 13.7. The van der Waals surface area contributed by atoms with Crippen LogP contribution in [0.5, 0.6) is 0 Å². The molecule has 0 bridgehead atoms. The predicted octanol–water partition coefficient (Wildman–Crippen LogP) is 4.59. The highest BCUT2D eigenvalue weighted by Crippen LogP contribution is 2.28. The third kappa shape index (κ3) is 3.60. The number of aromatic nitrogens is 3. The van der Waals surface area contributed by atoms with E-state index >= 15 is 0 Å². The number of H-pyrrole nitrogens is 1. The quantitative estimate of drug-likeness (QED) is 0.368. The highest BCUT2D eigenvalue weighted by molar-refractivity contribution is 7.99. The van der Waals surface area contributed by atoms with E-state index in [0.717, 1.165) is 53.6 Å². The van der Waals surface area contributed by atoms with E-state index < -0.39 is 0 Å². The molecule has 2 aromatic carbocycles. The number of nitrogens with one attached hydrogen (secondary N) is 1. The number of rotatable bonds is 4. The molecule has 3 heterocycles. The number of para-hydroxylation sites is 1.